The molecule has 0 saturated carbocycles. The molecule has 0 fully saturated rings. The summed E-state index contributed by atoms with van der Waals surface area (Å²) in [7, 11) is 1.54. The van der Waals surface area contributed by atoms with Crippen molar-refractivity contribution < 1.29 is 9.53 Å². The van der Waals surface area contributed by atoms with Crippen molar-refractivity contribution >= 4 is 34.3 Å². The first-order valence-corrected chi connectivity index (χ1v) is 10.8. The van der Waals surface area contributed by atoms with Crippen LogP contribution in [0, 0.1) is 6.92 Å². The Morgan fingerprint density at radius 1 is 1.27 bits per heavy atom. The van der Waals surface area contributed by atoms with Crippen LogP contribution in [-0.2, 0) is 11.3 Å². The number of aryl methyl sites for hydroxylation is 1. The van der Waals surface area contributed by atoms with Gasteiger partial charge in [-0.05, 0) is 36.1 Å². The van der Waals surface area contributed by atoms with Crippen LogP contribution in [0.15, 0.2) is 58.4 Å². The zero-order valence-electron chi connectivity index (χ0n) is 16.3. The number of rotatable bonds is 6. The second kappa shape index (κ2) is 8.60. The number of thiazole rings is 1. The van der Waals surface area contributed by atoms with E-state index in [0.29, 0.717) is 22.0 Å². The summed E-state index contributed by atoms with van der Waals surface area (Å²) in [5.41, 5.74) is 2.41. The third-order valence-electron chi connectivity index (χ3n) is 4.35. The van der Waals surface area contributed by atoms with Gasteiger partial charge in [0.1, 0.15) is 17.3 Å². The van der Waals surface area contributed by atoms with E-state index in [1.165, 1.54) is 35.5 Å². The molecule has 1 aromatic carbocycles. The van der Waals surface area contributed by atoms with Crippen LogP contribution < -0.4 is 15.6 Å². The van der Waals surface area contributed by atoms with Gasteiger partial charge in [0.05, 0.1) is 35.3 Å². The van der Waals surface area contributed by atoms with Gasteiger partial charge in [-0.15, -0.1) is 22.7 Å². The van der Waals surface area contributed by atoms with Crippen LogP contribution in [0.1, 0.15) is 5.56 Å². The molecule has 4 rings (SSSR count). The van der Waals surface area contributed by atoms with E-state index in [0.717, 1.165) is 16.1 Å². The van der Waals surface area contributed by atoms with Crippen molar-refractivity contribution in [3.05, 3.63) is 69.5 Å². The van der Waals surface area contributed by atoms with Gasteiger partial charge in [0.2, 0.25) is 5.91 Å². The summed E-state index contributed by atoms with van der Waals surface area (Å²) in [4.78, 5) is 35.2. The Kier molecular flexibility index (Phi) is 5.73. The Morgan fingerprint density at radius 2 is 2.13 bits per heavy atom. The highest BCUT2D eigenvalue weighted by Gasteiger charge is 2.15. The van der Waals surface area contributed by atoms with Gasteiger partial charge in [0.15, 0.2) is 0 Å². The normalized spacial score (nSPS) is 10.7. The first-order valence-electron chi connectivity index (χ1n) is 9.04. The summed E-state index contributed by atoms with van der Waals surface area (Å²) in [6, 6.07) is 9.43. The van der Waals surface area contributed by atoms with Crippen LogP contribution in [-0.4, -0.2) is 27.6 Å². The highest BCUT2D eigenvalue weighted by Crippen LogP contribution is 2.29. The lowest BCUT2D eigenvalue weighted by Gasteiger charge is -2.12. The number of aromatic nitrogens is 3. The van der Waals surface area contributed by atoms with Crippen molar-refractivity contribution in [2.75, 3.05) is 12.4 Å². The van der Waals surface area contributed by atoms with Gasteiger partial charge in [-0.3, -0.25) is 14.2 Å². The van der Waals surface area contributed by atoms with Crippen LogP contribution >= 0.6 is 22.7 Å². The first kappa shape index (κ1) is 20.0. The maximum atomic E-state index is 12.9. The largest absolute Gasteiger partial charge is 0.495 e. The van der Waals surface area contributed by atoms with E-state index in [2.05, 4.69) is 15.3 Å². The molecule has 9 heteroatoms. The predicted octanol–water partition coefficient (Wildman–Crippen LogP) is 4.05. The fraction of sp³-hybridized carbons (Fsp3) is 0.143. The summed E-state index contributed by atoms with van der Waals surface area (Å²) in [5.74, 6) is 0.204. The maximum Gasteiger partial charge on any atom is 0.264 e. The quantitative estimate of drug-likeness (QED) is 0.491. The number of nitrogens with zero attached hydrogens (tertiary/aromatic N) is 3. The smallest absolute Gasteiger partial charge is 0.264 e. The van der Waals surface area contributed by atoms with Gasteiger partial charge in [0.25, 0.3) is 5.56 Å². The summed E-state index contributed by atoms with van der Waals surface area (Å²) in [6.45, 7) is 1.76. The Bertz CT molecular complexity index is 1250. The van der Waals surface area contributed by atoms with Crippen LogP contribution in [0.25, 0.3) is 21.1 Å². The second-order valence-electron chi connectivity index (χ2n) is 6.51. The highest BCUT2D eigenvalue weighted by molar-refractivity contribution is 7.15. The number of thiophene rings is 1. The molecule has 0 bridgehead atoms. The molecule has 152 valence electrons. The number of hydrogen-bond donors (Lipinski definition) is 1. The average molecular weight is 439 g/mol. The molecule has 0 atom stereocenters. The minimum atomic E-state index is -0.349. The fourth-order valence-electron chi connectivity index (χ4n) is 2.91. The number of hydrogen-bond acceptors (Lipinski definition) is 7. The highest BCUT2D eigenvalue weighted by atomic mass is 32.1. The Labute approximate surface area is 180 Å². The summed E-state index contributed by atoms with van der Waals surface area (Å²) >= 11 is 2.96. The molecule has 0 unspecified atom stereocenters. The molecule has 3 aromatic heterocycles. The lowest BCUT2D eigenvalue weighted by Crippen LogP contribution is -2.28. The lowest BCUT2D eigenvalue weighted by molar-refractivity contribution is -0.116. The maximum absolute atomic E-state index is 12.9. The summed E-state index contributed by atoms with van der Waals surface area (Å²) in [5, 5.41) is 7.26. The minimum Gasteiger partial charge on any atom is -0.495 e. The summed E-state index contributed by atoms with van der Waals surface area (Å²) in [6.07, 6.45) is 2.84. The number of anilines is 1. The van der Waals surface area contributed by atoms with Gasteiger partial charge >= 0.3 is 0 Å². The van der Waals surface area contributed by atoms with E-state index in [-0.39, 0.29) is 18.0 Å². The molecule has 30 heavy (non-hydrogen) atoms. The molecule has 0 spiro atoms. The van der Waals surface area contributed by atoms with E-state index >= 15 is 0 Å². The average Bonchev–Trinajstić information content (AvgIpc) is 3.41. The lowest BCUT2D eigenvalue weighted by atomic mass is 10.2. The molecule has 0 aliphatic rings. The van der Waals surface area contributed by atoms with E-state index in [1.54, 1.807) is 17.4 Å². The molecule has 3 heterocycles. The predicted molar refractivity (Wildman–Crippen MR) is 119 cm³/mol. The van der Waals surface area contributed by atoms with Gasteiger partial charge in [0, 0.05) is 11.6 Å². The van der Waals surface area contributed by atoms with E-state index in [4.69, 9.17) is 4.74 Å². The molecule has 0 aliphatic heterocycles. The van der Waals surface area contributed by atoms with Crippen molar-refractivity contribution in [1.82, 2.24) is 14.5 Å². The van der Waals surface area contributed by atoms with E-state index in [1.807, 2.05) is 41.9 Å². The molecule has 1 N–H and O–H groups in total. The minimum absolute atomic E-state index is 0.167. The van der Waals surface area contributed by atoms with E-state index < -0.39 is 0 Å². The number of carbonyl (C=O) groups excluding carboxylic acids is 1. The third-order valence-corrected chi connectivity index (χ3v) is 6.12. The number of nitrogens with one attached hydrogen (secondary N) is 1. The van der Waals surface area contributed by atoms with Crippen LogP contribution in [0.5, 0.6) is 5.75 Å². The zero-order valence-corrected chi connectivity index (χ0v) is 17.9. The van der Waals surface area contributed by atoms with Crippen molar-refractivity contribution in [1.29, 1.82) is 0 Å². The van der Waals surface area contributed by atoms with Gasteiger partial charge in [-0.2, -0.15) is 0 Å². The van der Waals surface area contributed by atoms with Gasteiger partial charge in [-0.25, -0.2) is 9.97 Å². The molecule has 1 amide bonds. The van der Waals surface area contributed by atoms with Crippen LogP contribution in [0.4, 0.5) is 5.69 Å². The van der Waals surface area contributed by atoms with Gasteiger partial charge < -0.3 is 10.1 Å². The first-order chi connectivity index (χ1) is 14.5. The Hall–Kier alpha value is -3.30. The molecular formula is C21H18N4O3S2. The molecular weight excluding hydrogens is 420 g/mol. The summed E-state index contributed by atoms with van der Waals surface area (Å²) < 4.78 is 6.56. The standard InChI is InChI=1S/C21H18N4O3S2/c1-13-5-6-17(28-2)15(8-13)23-19(26)10-25-12-22-9-14(21(25)27)20-24-16(11-30-20)18-4-3-7-29-18/h3-9,11-12H,10H2,1-2H3,(H,23,26). The topological polar surface area (TPSA) is 86.1 Å². The van der Waals surface area contributed by atoms with Gasteiger partial charge in [-0.1, -0.05) is 12.1 Å². The number of benzene rings is 1. The fourth-order valence-corrected chi connectivity index (χ4v) is 4.49. The third kappa shape index (κ3) is 4.17. The van der Waals surface area contributed by atoms with Crippen molar-refractivity contribution in [3.8, 4) is 26.9 Å². The molecule has 7 nitrogen and oxygen atoms in total. The van der Waals surface area contributed by atoms with Crippen molar-refractivity contribution in [2.45, 2.75) is 13.5 Å². The monoisotopic (exact) mass is 438 g/mol. The second-order valence-corrected chi connectivity index (χ2v) is 8.31. The number of ether oxygens (including phenoxy) is 1. The molecule has 0 radical (unpaired) electrons. The number of carbonyl (C=O) groups is 1. The number of amides is 1. The number of methoxy groups -OCH3 is 1. The van der Waals surface area contributed by atoms with Crippen LogP contribution in [0.3, 0.4) is 0 Å². The molecule has 0 aliphatic carbocycles. The Balaban J connectivity index is 1.56. The molecule has 4 aromatic rings. The zero-order chi connectivity index (χ0) is 21.1. The SMILES string of the molecule is COc1ccc(C)cc1NC(=O)Cn1cncc(-c2nc(-c3cccs3)cs2)c1=O. The van der Waals surface area contributed by atoms with Crippen molar-refractivity contribution in [3.63, 3.8) is 0 Å². The van der Waals surface area contributed by atoms with Crippen LogP contribution in [0.2, 0.25) is 0 Å². The van der Waals surface area contributed by atoms with Crippen molar-refractivity contribution in [2.24, 2.45) is 0 Å². The van der Waals surface area contributed by atoms with E-state index in [9.17, 15) is 9.59 Å². The Morgan fingerprint density at radius 3 is 2.90 bits per heavy atom. The molecule has 0 saturated heterocycles.